The van der Waals surface area contributed by atoms with Crippen LogP contribution in [0.4, 0.5) is 0 Å². The van der Waals surface area contributed by atoms with Crippen LogP contribution in [0.15, 0.2) is 194 Å². The third-order valence-electron chi connectivity index (χ3n) is 20.3. The van der Waals surface area contributed by atoms with E-state index in [2.05, 4.69) is 237 Å². The number of benzene rings is 7. The Morgan fingerprint density at radius 3 is 1.59 bits per heavy atom. The van der Waals surface area contributed by atoms with E-state index in [1.54, 1.807) is 0 Å². The van der Waals surface area contributed by atoms with Crippen molar-refractivity contribution in [2.45, 2.75) is 138 Å². The molecular weight excluding hydrogens is 1060 g/mol. The summed E-state index contributed by atoms with van der Waals surface area (Å²) in [6.45, 7) is 18.1. The van der Waals surface area contributed by atoms with Gasteiger partial charge < -0.3 is 24.1 Å². The molecule has 1 saturated carbocycles. The number of thioether (sulfide) groups is 2. The Bertz CT molecular complexity index is 3400. The molecule has 0 radical (unpaired) electrons. The quantitative estimate of drug-likeness (QED) is 0.0605. The van der Waals surface area contributed by atoms with Crippen LogP contribution in [-0.2, 0) is 31.5 Å². The van der Waals surface area contributed by atoms with E-state index in [9.17, 15) is 5.11 Å². The average Bonchev–Trinajstić information content (AvgIpc) is 2.77. The zero-order valence-electron chi connectivity index (χ0n) is 49.9. The number of fused-ring (bicyclic) bond motifs is 2. The van der Waals surface area contributed by atoms with E-state index < -0.39 is 11.7 Å². The number of aliphatic hydroxyl groups excluding tert-OH is 1. The van der Waals surface area contributed by atoms with Crippen molar-refractivity contribution in [1.82, 2.24) is 0 Å². The van der Waals surface area contributed by atoms with Crippen LogP contribution >= 0.6 is 23.5 Å². The van der Waals surface area contributed by atoms with Gasteiger partial charge in [0.15, 0.2) is 0 Å². The fraction of sp³-hybridized carbons (Fsp3) is 0.395. The maximum Gasteiger partial charge on any atom is 0.119 e. The molecule has 0 spiro atoms. The minimum atomic E-state index is -0.828. The first-order valence-electron chi connectivity index (χ1n) is 30.9. The number of rotatable bonds is 24. The first kappa shape index (κ1) is 57.6. The van der Waals surface area contributed by atoms with Gasteiger partial charge in [-0.1, -0.05) is 212 Å². The summed E-state index contributed by atoms with van der Waals surface area (Å²) in [5, 5.41) is 12.9. The van der Waals surface area contributed by atoms with Crippen LogP contribution in [0, 0.1) is 11.3 Å². The summed E-state index contributed by atoms with van der Waals surface area (Å²) in [5.41, 5.74) is 15.4. The molecular formula is C76H84O5S2. The number of hydrogen-bond acceptors (Lipinski definition) is 7. The number of hydrogen-bond donors (Lipinski definition) is 1. The highest BCUT2D eigenvalue weighted by atomic mass is 32.2. The van der Waals surface area contributed by atoms with Crippen molar-refractivity contribution in [2.24, 2.45) is 11.3 Å². The summed E-state index contributed by atoms with van der Waals surface area (Å²) in [6.07, 6.45) is 10.4. The molecule has 7 heteroatoms. The Morgan fingerprint density at radius 2 is 1.04 bits per heavy atom. The van der Waals surface area contributed by atoms with Gasteiger partial charge in [-0.3, -0.25) is 0 Å². The maximum absolute atomic E-state index is 11.7. The molecule has 2 heterocycles. The van der Waals surface area contributed by atoms with Crippen LogP contribution in [-0.4, -0.2) is 59.6 Å². The Kier molecular flexibility index (Phi) is 16.6. The molecule has 8 atom stereocenters. The Labute approximate surface area is 503 Å². The van der Waals surface area contributed by atoms with Gasteiger partial charge in [0.2, 0.25) is 0 Å². The molecule has 2 aliphatic heterocycles. The van der Waals surface area contributed by atoms with E-state index in [0.717, 1.165) is 75.2 Å². The predicted molar refractivity (Wildman–Crippen MR) is 346 cm³/mol. The fourth-order valence-corrected chi connectivity index (χ4v) is 15.7. The van der Waals surface area contributed by atoms with Crippen LogP contribution in [0.3, 0.4) is 0 Å². The summed E-state index contributed by atoms with van der Waals surface area (Å²) < 4.78 is 26.3. The first-order valence-corrected chi connectivity index (χ1v) is 33.0. The summed E-state index contributed by atoms with van der Waals surface area (Å²) in [5.74, 6) is 4.82. The molecule has 83 heavy (non-hydrogen) atoms. The Hall–Kier alpha value is -5.80. The van der Waals surface area contributed by atoms with Gasteiger partial charge in [-0.2, -0.15) is 23.5 Å². The molecule has 7 aromatic rings. The standard InChI is InChI=1S/C76H84O5S2/c1-8-73(9-2,58-26-30-62(31-27-58)76(63-34-38-66(39-35-63)79-48-67-50-82-67)44-53(6)72(7)45-57(23-41-71(72)76)55-20-16-13-17-21-55)80-47-64(77)46-78-65-36-32-61(33-37-65)75(43-52(5)69-42-56(22-40-70(69)75)54-18-14-12-15-19-54)60-28-24-59(25-29-60)74(10-3,11-4)81-49-68-51-83-68/h12-42,52-53,64,67-68,77H,8-11,43-51H2,1-7H3. The number of ether oxygens (including phenoxy) is 4. The summed E-state index contributed by atoms with van der Waals surface area (Å²) in [6, 6.07) is 65.2. The number of allylic oxidation sites excluding steroid dienone is 4. The highest BCUT2D eigenvalue weighted by Crippen LogP contribution is 2.65. The maximum atomic E-state index is 11.7. The lowest BCUT2D eigenvalue weighted by Crippen LogP contribution is -2.34. The number of aliphatic hydroxyl groups is 1. The van der Waals surface area contributed by atoms with Crippen LogP contribution in [0.2, 0.25) is 0 Å². The molecule has 3 fully saturated rings. The van der Waals surface area contributed by atoms with Gasteiger partial charge in [0.25, 0.3) is 0 Å². The Morgan fingerprint density at radius 1 is 0.530 bits per heavy atom. The topological polar surface area (TPSA) is 57.2 Å². The zero-order chi connectivity index (χ0) is 57.4. The minimum absolute atomic E-state index is 0.0261. The van der Waals surface area contributed by atoms with Gasteiger partial charge >= 0.3 is 0 Å². The van der Waals surface area contributed by atoms with Crippen molar-refractivity contribution < 1.29 is 24.1 Å². The van der Waals surface area contributed by atoms with Crippen LogP contribution in [0.5, 0.6) is 11.5 Å². The lowest BCUT2D eigenvalue weighted by atomic mass is 9.63. The summed E-state index contributed by atoms with van der Waals surface area (Å²) in [7, 11) is 0. The molecule has 0 aromatic heterocycles. The molecule has 2 saturated heterocycles. The monoisotopic (exact) mass is 1140 g/mol. The molecule has 5 aliphatic rings. The molecule has 430 valence electrons. The molecule has 3 aliphatic carbocycles. The molecule has 1 N–H and O–H groups in total. The molecule has 0 bridgehead atoms. The van der Waals surface area contributed by atoms with Gasteiger partial charge in [0.05, 0.1) is 24.4 Å². The summed E-state index contributed by atoms with van der Waals surface area (Å²) >= 11 is 3.96. The lowest BCUT2D eigenvalue weighted by molar-refractivity contribution is -0.0961. The highest BCUT2D eigenvalue weighted by molar-refractivity contribution is 8.07. The second kappa shape index (κ2) is 23.9. The third-order valence-corrected chi connectivity index (χ3v) is 22.1. The zero-order valence-corrected chi connectivity index (χ0v) is 51.5. The van der Waals surface area contributed by atoms with Gasteiger partial charge in [-0.15, -0.1) is 0 Å². The second-order valence-electron chi connectivity index (χ2n) is 24.8. The van der Waals surface area contributed by atoms with E-state index in [1.807, 2.05) is 23.5 Å². The van der Waals surface area contributed by atoms with E-state index >= 15 is 0 Å². The van der Waals surface area contributed by atoms with Crippen molar-refractivity contribution in [3.8, 4) is 22.6 Å². The van der Waals surface area contributed by atoms with Gasteiger partial charge in [0, 0.05) is 32.8 Å². The second-order valence-corrected chi connectivity index (χ2v) is 27.5. The van der Waals surface area contributed by atoms with Crippen molar-refractivity contribution >= 4 is 29.1 Å². The molecule has 8 unspecified atom stereocenters. The van der Waals surface area contributed by atoms with Crippen molar-refractivity contribution in [3.63, 3.8) is 0 Å². The van der Waals surface area contributed by atoms with Gasteiger partial charge in [-0.25, -0.2) is 0 Å². The van der Waals surface area contributed by atoms with Crippen molar-refractivity contribution in [2.75, 3.05) is 37.9 Å². The van der Waals surface area contributed by atoms with Crippen LogP contribution < -0.4 is 9.47 Å². The predicted octanol–water partition coefficient (Wildman–Crippen LogP) is 18.1. The van der Waals surface area contributed by atoms with E-state index in [4.69, 9.17) is 18.9 Å². The van der Waals surface area contributed by atoms with E-state index in [-0.39, 0.29) is 35.1 Å². The smallest absolute Gasteiger partial charge is 0.119 e. The summed E-state index contributed by atoms with van der Waals surface area (Å²) in [4.78, 5) is 0. The SMILES string of the molecule is CCC(CC)(OCC(O)COc1ccc(C2(c3ccc(C(CC)(CC)OCC4CS4)cc3)CC(C)c3cc(-c4ccccc4)ccc32)cc1)c1ccc(C2(c3ccc(OCC4CS4)cc3)CC(C)C3(C)CC(c4ccccc4)=CC=C23)cc1. The fourth-order valence-electron chi connectivity index (χ4n) is 14.9. The first-order chi connectivity index (χ1) is 40.4. The minimum Gasteiger partial charge on any atom is -0.492 e. The molecule has 7 aromatic carbocycles. The normalized spacial score (nSPS) is 24.8. The molecule has 0 amide bonds. The average molecular weight is 1140 g/mol. The van der Waals surface area contributed by atoms with Crippen molar-refractivity contribution in [1.29, 1.82) is 0 Å². The van der Waals surface area contributed by atoms with Crippen LogP contribution in [0.25, 0.3) is 16.7 Å². The van der Waals surface area contributed by atoms with Crippen molar-refractivity contribution in [3.05, 3.63) is 244 Å². The third kappa shape index (κ3) is 11.0. The van der Waals surface area contributed by atoms with Crippen LogP contribution in [0.1, 0.15) is 149 Å². The lowest BCUT2D eigenvalue weighted by Gasteiger charge is -2.40. The van der Waals surface area contributed by atoms with E-state index in [0.29, 0.717) is 22.3 Å². The molecule has 12 rings (SSSR count). The van der Waals surface area contributed by atoms with Gasteiger partial charge in [-0.05, 0) is 159 Å². The Balaban J connectivity index is 0.775. The largest absolute Gasteiger partial charge is 0.492 e. The molecule has 5 nitrogen and oxygen atoms in total. The van der Waals surface area contributed by atoms with Gasteiger partial charge in [0.1, 0.15) is 30.8 Å². The van der Waals surface area contributed by atoms with E-state index in [1.165, 1.54) is 78.3 Å². The highest BCUT2D eigenvalue weighted by Gasteiger charge is 2.57.